The van der Waals surface area contributed by atoms with Gasteiger partial charge in [-0.3, -0.25) is 19.3 Å². The quantitative estimate of drug-likeness (QED) is 0.656. The lowest BCUT2D eigenvalue weighted by atomic mass is 10.2. The number of nitrogens with zero attached hydrogens (tertiary/aromatic N) is 3. The molecule has 3 aromatic rings. The van der Waals surface area contributed by atoms with E-state index in [1.54, 1.807) is 19.3 Å². The van der Waals surface area contributed by atoms with Crippen LogP contribution in [0, 0.1) is 6.92 Å². The minimum atomic E-state index is -0.488. The van der Waals surface area contributed by atoms with E-state index in [0.717, 1.165) is 11.3 Å². The number of aryl methyl sites for hydroxylation is 2. The van der Waals surface area contributed by atoms with Crippen LogP contribution >= 0.6 is 0 Å². The van der Waals surface area contributed by atoms with Crippen LogP contribution in [0.3, 0.4) is 0 Å². The summed E-state index contributed by atoms with van der Waals surface area (Å²) in [5, 5.41) is 0. The van der Waals surface area contributed by atoms with E-state index in [-0.39, 0.29) is 5.52 Å². The Morgan fingerprint density at radius 3 is 2.79 bits per heavy atom. The summed E-state index contributed by atoms with van der Waals surface area (Å²) >= 11 is 0. The Morgan fingerprint density at radius 1 is 1.26 bits per heavy atom. The standard InChI is InChI=1S/C12H11N5O2/c1-6-7(4-3-5-13-6)9-14-8-10(15-9)17(2)12(19)16-11(8)18/h3-5H,1-2H3,(H,14,15)(H,16,18,19). The molecule has 0 aliphatic heterocycles. The number of aromatic nitrogens is 5. The van der Waals surface area contributed by atoms with Crippen LogP contribution in [0.25, 0.3) is 22.6 Å². The van der Waals surface area contributed by atoms with Crippen LogP contribution in [0.2, 0.25) is 0 Å². The van der Waals surface area contributed by atoms with Crippen molar-refractivity contribution < 1.29 is 0 Å². The number of fused-ring (bicyclic) bond motifs is 1. The lowest BCUT2D eigenvalue weighted by Gasteiger charge is -1.99. The zero-order chi connectivity index (χ0) is 13.6. The zero-order valence-electron chi connectivity index (χ0n) is 10.4. The first-order valence-corrected chi connectivity index (χ1v) is 5.69. The Balaban J connectivity index is 2.38. The van der Waals surface area contributed by atoms with Gasteiger partial charge in [0.2, 0.25) is 0 Å². The molecule has 0 spiro atoms. The molecule has 0 fully saturated rings. The topological polar surface area (TPSA) is 96.4 Å². The fourth-order valence-electron chi connectivity index (χ4n) is 1.97. The molecule has 19 heavy (non-hydrogen) atoms. The molecule has 7 nitrogen and oxygen atoms in total. The first kappa shape index (κ1) is 11.4. The molecule has 96 valence electrons. The fourth-order valence-corrected chi connectivity index (χ4v) is 1.97. The number of hydrogen-bond acceptors (Lipinski definition) is 4. The van der Waals surface area contributed by atoms with Crippen molar-refractivity contribution in [1.29, 1.82) is 0 Å². The Bertz CT molecular complexity index is 887. The summed E-state index contributed by atoms with van der Waals surface area (Å²) in [5.74, 6) is 0.521. The molecule has 0 atom stereocenters. The third-order valence-electron chi connectivity index (χ3n) is 3.02. The molecular formula is C12H11N5O2. The highest BCUT2D eigenvalue weighted by atomic mass is 16.2. The Kier molecular flexibility index (Phi) is 2.34. The normalized spacial score (nSPS) is 11.1. The second-order valence-corrected chi connectivity index (χ2v) is 4.24. The molecule has 0 aromatic carbocycles. The Labute approximate surface area is 107 Å². The summed E-state index contributed by atoms with van der Waals surface area (Å²) in [4.78, 5) is 36.9. The third-order valence-corrected chi connectivity index (χ3v) is 3.02. The number of imidazole rings is 1. The third kappa shape index (κ3) is 1.67. The molecule has 0 amide bonds. The summed E-state index contributed by atoms with van der Waals surface area (Å²) in [6.07, 6.45) is 1.68. The average molecular weight is 257 g/mol. The molecule has 0 aliphatic rings. The van der Waals surface area contributed by atoms with Crippen LogP contribution in [-0.4, -0.2) is 24.5 Å². The number of nitrogens with one attached hydrogen (secondary N) is 2. The van der Waals surface area contributed by atoms with Crippen LogP contribution in [0.5, 0.6) is 0 Å². The van der Waals surface area contributed by atoms with Crippen molar-refractivity contribution in [3.63, 3.8) is 0 Å². The van der Waals surface area contributed by atoms with Crippen molar-refractivity contribution in [2.75, 3.05) is 0 Å². The number of hydrogen-bond donors (Lipinski definition) is 2. The maximum atomic E-state index is 11.7. The van der Waals surface area contributed by atoms with Gasteiger partial charge < -0.3 is 4.98 Å². The number of aromatic amines is 2. The van der Waals surface area contributed by atoms with Crippen LogP contribution in [0.4, 0.5) is 0 Å². The van der Waals surface area contributed by atoms with Crippen LogP contribution in [-0.2, 0) is 7.05 Å². The van der Waals surface area contributed by atoms with Gasteiger partial charge in [0.15, 0.2) is 5.65 Å². The van der Waals surface area contributed by atoms with Gasteiger partial charge in [0, 0.05) is 24.5 Å². The smallest absolute Gasteiger partial charge is 0.329 e. The van der Waals surface area contributed by atoms with Gasteiger partial charge in [0.25, 0.3) is 5.56 Å². The minimum Gasteiger partial charge on any atom is -0.332 e. The lowest BCUT2D eigenvalue weighted by Crippen LogP contribution is -2.28. The van der Waals surface area contributed by atoms with Crippen molar-refractivity contribution >= 4 is 11.2 Å². The van der Waals surface area contributed by atoms with Crippen molar-refractivity contribution in [3.05, 3.63) is 44.9 Å². The van der Waals surface area contributed by atoms with E-state index in [4.69, 9.17) is 0 Å². The van der Waals surface area contributed by atoms with Crippen molar-refractivity contribution in [2.45, 2.75) is 6.92 Å². The Morgan fingerprint density at radius 2 is 2.05 bits per heavy atom. The molecule has 0 saturated carbocycles. The van der Waals surface area contributed by atoms with Gasteiger partial charge >= 0.3 is 5.69 Å². The maximum Gasteiger partial charge on any atom is 0.329 e. The van der Waals surface area contributed by atoms with Gasteiger partial charge in [0.05, 0.1) is 0 Å². The minimum absolute atomic E-state index is 0.278. The first-order chi connectivity index (χ1) is 9.08. The van der Waals surface area contributed by atoms with Gasteiger partial charge in [-0.05, 0) is 19.1 Å². The van der Waals surface area contributed by atoms with E-state index in [0.29, 0.717) is 11.5 Å². The van der Waals surface area contributed by atoms with Gasteiger partial charge in [0.1, 0.15) is 11.3 Å². The summed E-state index contributed by atoms with van der Waals surface area (Å²) in [6, 6.07) is 3.64. The Hall–Kier alpha value is -2.70. The van der Waals surface area contributed by atoms with E-state index >= 15 is 0 Å². The highest BCUT2D eigenvalue weighted by Gasteiger charge is 2.13. The van der Waals surface area contributed by atoms with Gasteiger partial charge in [-0.15, -0.1) is 0 Å². The molecule has 3 heterocycles. The lowest BCUT2D eigenvalue weighted by molar-refractivity contribution is 0.832. The van der Waals surface area contributed by atoms with E-state index < -0.39 is 11.2 Å². The summed E-state index contributed by atoms with van der Waals surface area (Å²) in [6.45, 7) is 1.85. The van der Waals surface area contributed by atoms with Gasteiger partial charge in [-0.2, -0.15) is 0 Å². The number of rotatable bonds is 1. The summed E-state index contributed by atoms with van der Waals surface area (Å²) in [7, 11) is 1.56. The van der Waals surface area contributed by atoms with Crippen LogP contribution in [0.1, 0.15) is 5.69 Å². The van der Waals surface area contributed by atoms with Crippen molar-refractivity contribution in [2.24, 2.45) is 7.05 Å². The van der Waals surface area contributed by atoms with Crippen molar-refractivity contribution in [3.8, 4) is 11.4 Å². The van der Waals surface area contributed by atoms with E-state index in [2.05, 4.69) is 19.9 Å². The highest BCUT2D eigenvalue weighted by Crippen LogP contribution is 2.19. The van der Waals surface area contributed by atoms with E-state index in [1.807, 2.05) is 13.0 Å². The van der Waals surface area contributed by atoms with E-state index in [9.17, 15) is 9.59 Å². The predicted octanol–water partition coefficient (Wildman–Crippen LogP) is 0.320. The number of pyridine rings is 1. The first-order valence-electron chi connectivity index (χ1n) is 5.69. The molecule has 3 aromatic heterocycles. The second kappa shape index (κ2) is 3.91. The van der Waals surface area contributed by atoms with Crippen LogP contribution in [0.15, 0.2) is 27.9 Å². The van der Waals surface area contributed by atoms with Crippen LogP contribution < -0.4 is 11.2 Å². The number of H-pyrrole nitrogens is 2. The molecular weight excluding hydrogens is 246 g/mol. The molecule has 2 N–H and O–H groups in total. The zero-order valence-corrected chi connectivity index (χ0v) is 10.4. The monoisotopic (exact) mass is 257 g/mol. The molecule has 0 unspecified atom stereocenters. The van der Waals surface area contributed by atoms with E-state index in [1.165, 1.54) is 4.57 Å². The molecule has 0 saturated heterocycles. The van der Waals surface area contributed by atoms with Gasteiger partial charge in [-0.25, -0.2) is 9.78 Å². The predicted molar refractivity (Wildman–Crippen MR) is 69.9 cm³/mol. The summed E-state index contributed by atoms with van der Waals surface area (Å²) in [5.41, 5.74) is 1.23. The molecule has 0 radical (unpaired) electrons. The molecule has 0 bridgehead atoms. The highest BCUT2D eigenvalue weighted by molar-refractivity contribution is 5.75. The molecule has 0 aliphatic carbocycles. The average Bonchev–Trinajstić information content (AvgIpc) is 2.82. The fraction of sp³-hybridized carbons (Fsp3) is 0.167. The maximum absolute atomic E-state index is 11.7. The van der Waals surface area contributed by atoms with Crippen molar-refractivity contribution in [1.82, 2.24) is 24.5 Å². The summed E-state index contributed by atoms with van der Waals surface area (Å²) < 4.78 is 1.29. The molecule has 7 heteroatoms. The second-order valence-electron chi connectivity index (χ2n) is 4.24. The van der Waals surface area contributed by atoms with Gasteiger partial charge in [-0.1, -0.05) is 0 Å². The SMILES string of the molecule is Cc1ncccc1-c1nc2c([nH]1)c(=O)[nH]c(=O)n2C. The largest absolute Gasteiger partial charge is 0.332 e. The molecule has 3 rings (SSSR count).